The van der Waals surface area contributed by atoms with Crippen LogP contribution < -0.4 is 20.3 Å². The van der Waals surface area contributed by atoms with E-state index in [9.17, 15) is 9.59 Å². The Hall–Kier alpha value is -3.84. The molecule has 0 saturated heterocycles. The number of ether oxygens (including phenoxy) is 2. The molecule has 0 saturated carbocycles. The topological polar surface area (TPSA) is 79.9 Å². The van der Waals surface area contributed by atoms with Crippen molar-refractivity contribution in [3.63, 3.8) is 0 Å². The molecule has 0 fully saturated rings. The predicted molar refractivity (Wildman–Crippen MR) is 136 cm³/mol. The molecule has 0 bridgehead atoms. The quantitative estimate of drug-likeness (QED) is 0.378. The van der Waals surface area contributed by atoms with Crippen molar-refractivity contribution >= 4 is 28.9 Å². The van der Waals surface area contributed by atoms with Crippen LogP contribution in [0, 0.1) is 0 Å². The Bertz CT molecular complexity index is 1070. The molecule has 0 heterocycles. The molecule has 3 aromatic rings. The molecule has 7 nitrogen and oxygen atoms in total. The Balaban J connectivity index is 1.56. The van der Waals surface area contributed by atoms with E-state index in [-0.39, 0.29) is 18.4 Å². The molecule has 0 aliphatic heterocycles. The molecule has 0 atom stereocenters. The minimum Gasteiger partial charge on any atom is -0.491 e. The van der Waals surface area contributed by atoms with Crippen molar-refractivity contribution in [2.45, 2.75) is 13.8 Å². The smallest absolute Gasteiger partial charge is 0.258 e. The molecule has 0 aliphatic rings. The van der Waals surface area contributed by atoms with Gasteiger partial charge in [0, 0.05) is 41.8 Å². The lowest BCUT2D eigenvalue weighted by Crippen LogP contribution is -2.30. The molecule has 3 aromatic carbocycles. The van der Waals surface area contributed by atoms with Gasteiger partial charge in [-0.3, -0.25) is 9.59 Å². The zero-order valence-corrected chi connectivity index (χ0v) is 19.6. The van der Waals surface area contributed by atoms with Crippen molar-refractivity contribution in [3.8, 4) is 5.75 Å². The summed E-state index contributed by atoms with van der Waals surface area (Å²) in [5.74, 6) is 0.363. The number of carbonyl (C=O) groups is 2. The van der Waals surface area contributed by atoms with Crippen molar-refractivity contribution < 1.29 is 19.1 Å². The molecule has 0 unspecified atom stereocenters. The summed E-state index contributed by atoms with van der Waals surface area (Å²) in [6.45, 7) is 6.13. The van der Waals surface area contributed by atoms with Gasteiger partial charge >= 0.3 is 0 Å². The minimum absolute atomic E-state index is 0.0751. The Morgan fingerprint density at radius 3 is 2.38 bits per heavy atom. The van der Waals surface area contributed by atoms with Crippen LogP contribution in [0.15, 0.2) is 78.9 Å². The average molecular weight is 462 g/mol. The van der Waals surface area contributed by atoms with E-state index in [4.69, 9.17) is 9.47 Å². The van der Waals surface area contributed by atoms with E-state index >= 15 is 0 Å². The third kappa shape index (κ3) is 7.35. The fraction of sp³-hybridized carbons (Fsp3) is 0.259. The first-order valence-electron chi connectivity index (χ1n) is 11.4. The molecule has 7 heteroatoms. The number of nitrogens with one attached hydrogen (secondary N) is 2. The number of hydrogen-bond donors (Lipinski definition) is 2. The number of anilines is 3. The van der Waals surface area contributed by atoms with Crippen molar-refractivity contribution in [1.82, 2.24) is 0 Å². The van der Waals surface area contributed by atoms with Gasteiger partial charge in [0.2, 0.25) is 5.91 Å². The zero-order chi connectivity index (χ0) is 24.2. The van der Waals surface area contributed by atoms with Crippen molar-refractivity contribution in [2.75, 3.05) is 48.4 Å². The monoisotopic (exact) mass is 461 g/mol. The van der Waals surface area contributed by atoms with Crippen molar-refractivity contribution in [1.29, 1.82) is 0 Å². The van der Waals surface area contributed by atoms with E-state index in [0.717, 1.165) is 11.4 Å². The number of nitrogens with zero attached hydrogens (tertiary/aromatic N) is 1. The normalized spacial score (nSPS) is 10.4. The standard InChI is InChI=1S/C27H31N3O4/c1-3-30(24-13-6-5-7-14-24)27(32)21-10-8-12-23(18-21)29-26(31)20-28-22-11-9-15-25(19-22)34-17-16-33-4-2/h5-15,18-19,28H,3-4,16-17,20H2,1-2H3,(H,29,31). The zero-order valence-electron chi connectivity index (χ0n) is 19.6. The Morgan fingerprint density at radius 2 is 1.62 bits per heavy atom. The number of benzene rings is 3. The van der Waals surface area contributed by atoms with E-state index in [2.05, 4.69) is 10.6 Å². The van der Waals surface area contributed by atoms with Crippen LogP contribution in [-0.2, 0) is 9.53 Å². The summed E-state index contributed by atoms with van der Waals surface area (Å²) >= 11 is 0. The fourth-order valence-electron chi connectivity index (χ4n) is 3.38. The summed E-state index contributed by atoms with van der Waals surface area (Å²) < 4.78 is 10.9. The SMILES string of the molecule is CCOCCOc1cccc(NCC(=O)Nc2cccc(C(=O)N(CC)c3ccccc3)c2)c1. The highest BCUT2D eigenvalue weighted by Crippen LogP contribution is 2.19. The lowest BCUT2D eigenvalue weighted by molar-refractivity contribution is -0.114. The van der Waals surface area contributed by atoms with Gasteiger partial charge in [-0.1, -0.05) is 30.3 Å². The van der Waals surface area contributed by atoms with E-state index < -0.39 is 0 Å². The maximum Gasteiger partial charge on any atom is 0.258 e. The molecule has 0 aliphatic carbocycles. The van der Waals surface area contributed by atoms with Crippen molar-refractivity contribution in [3.05, 3.63) is 84.4 Å². The summed E-state index contributed by atoms with van der Waals surface area (Å²) in [4.78, 5) is 27.2. The molecular weight excluding hydrogens is 430 g/mol. The van der Waals surface area contributed by atoms with Crippen LogP contribution in [0.4, 0.5) is 17.1 Å². The maximum absolute atomic E-state index is 13.0. The number of rotatable bonds is 12. The maximum atomic E-state index is 13.0. The molecule has 0 radical (unpaired) electrons. The first-order chi connectivity index (χ1) is 16.6. The summed E-state index contributed by atoms with van der Waals surface area (Å²) in [6, 6.07) is 23.9. The third-order valence-corrected chi connectivity index (χ3v) is 5.01. The highest BCUT2D eigenvalue weighted by Gasteiger charge is 2.16. The highest BCUT2D eigenvalue weighted by molar-refractivity contribution is 6.07. The van der Waals surface area contributed by atoms with E-state index in [1.54, 1.807) is 29.2 Å². The van der Waals surface area contributed by atoms with Crippen LogP contribution in [0.2, 0.25) is 0 Å². The Labute approximate surface area is 200 Å². The van der Waals surface area contributed by atoms with Gasteiger partial charge < -0.3 is 25.0 Å². The number of carbonyl (C=O) groups excluding carboxylic acids is 2. The van der Waals surface area contributed by atoms with E-state index in [1.165, 1.54) is 0 Å². The Kier molecular flexibility index (Phi) is 9.49. The molecule has 2 amide bonds. The molecule has 2 N–H and O–H groups in total. The molecule has 178 valence electrons. The van der Waals surface area contributed by atoms with Gasteiger partial charge in [0.05, 0.1) is 13.2 Å². The lowest BCUT2D eigenvalue weighted by atomic mass is 10.1. The van der Waals surface area contributed by atoms with Gasteiger partial charge in [0.1, 0.15) is 12.4 Å². The second-order valence-corrected chi connectivity index (χ2v) is 7.44. The average Bonchev–Trinajstić information content (AvgIpc) is 2.87. The lowest BCUT2D eigenvalue weighted by Gasteiger charge is -2.21. The molecule has 0 spiro atoms. The first-order valence-corrected chi connectivity index (χ1v) is 11.4. The Morgan fingerprint density at radius 1 is 0.853 bits per heavy atom. The second-order valence-electron chi connectivity index (χ2n) is 7.44. The van der Waals surface area contributed by atoms with Gasteiger partial charge in [-0.2, -0.15) is 0 Å². The van der Waals surface area contributed by atoms with Crippen LogP contribution in [-0.4, -0.2) is 44.7 Å². The number of hydrogen-bond acceptors (Lipinski definition) is 5. The van der Waals surface area contributed by atoms with Crippen LogP contribution in [0.3, 0.4) is 0 Å². The van der Waals surface area contributed by atoms with Gasteiger partial charge in [0.25, 0.3) is 5.91 Å². The fourth-order valence-corrected chi connectivity index (χ4v) is 3.38. The van der Waals surface area contributed by atoms with E-state index in [1.807, 2.05) is 68.4 Å². The van der Waals surface area contributed by atoms with Gasteiger partial charge in [0.15, 0.2) is 0 Å². The molecule has 34 heavy (non-hydrogen) atoms. The first kappa shape index (κ1) is 24.8. The van der Waals surface area contributed by atoms with E-state index in [0.29, 0.717) is 43.4 Å². The summed E-state index contributed by atoms with van der Waals surface area (Å²) in [5, 5.41) is 5.94. The summed E-state index contributed by atoms with van der Waals surface area (Å²) in [7, 11) is 0. The van der Waals surface area contributed by atoms with Crippen LogP contribution in [0.1, 0.15) is 24.2 Å². The number of para-hydroxylation sites is 1. The summed E-state index contributed by atoms with van der Waals surface area (Å²) in [5.41, 5.74) is 2.68. The van der Waals surface area contributed by atoms with Gasteiger partial charge in [-0.05, 0) is 56.3 Å². The molecule has 3 rings (SSSR count). The van der Waals surface area contributed by atoms with Crippen molar-refractivity contribution in [2.24, 2.45) is 0 Å². The van der Waals surface area contributed by atoms with Gasteiger partial charge in [-0.25, -0.2) is 0 Å². The van der Waals surface area contributed by atoms with Crippen LogP contribution >= 0.6 is 0 Å². The predicted octanol–water partition coefficient (Wildman–Crippen LogP) is 4.82. The van der Waals surface area contributed by atoms with Gasteiger partial charge in [-0.15, -0.1) is 0 Å². The molecule has 0 aromatic heterocycles. The third-order valence-electron chi connectivity index (χ3n) is 5.01. The summed E-state index contributed by atoms with van der Waals surface area (Å²) in [6.07, 6.45) is 0. The number of amides is 2. The van der Waals surface area contributed by atoms with Crippen LogP contribution in [0.5, 0.6) is 5.75 Å². The second kappa shape index (κ2) is 13.0. The minimum atomic E-state index is -0.220. The largest absolute Gasteiger partial charge is 0.491 e. The molecular formula is C27H31N3O4. The van der Waals surface area contributed by atoms with Crippen LogP contribution in [0.25, 0.3) is 0 Å². The highest BCUT2D eigenvalue weighted by atomic mass is 16.5.